The summed E-state index contributed by atoms with van der Waals surface area (Å²) >= 11 is 8.16. The molecule has 1 aromatic heterocycles. The van der Waals surface area contributed by atoms with E-state index in [0.717, 1.165) is 15.7 Å². The molecule has 6 heteroatoms. The van der Waals surface area contributed by atoms with Crippen molar-refractivity contribution in [3.05, 3.63) is 62.4 Å². The highest BCUT2D eigenvalue weighted by Crippen LogP contribution is 2.31. The first-order chi connectivity index (χ1) is 10.6. The third-order valence-corrected chi connectivity index (χ3v) is 4.74. The Kier molecular flexibility index (Phi) is 4.71. The van der Waals surface area contributed by atoms with E-state index in [1.807, 2.05) is 35.7 Å². The fourth-order valence-electron chi connectivity index (χ4n) is 1.87. The van der Waals surface area contributed by atoms with Crippen LogP contribution < -0.4 is 0 Å². The molecule has 0 aliphatic carbocycles. The summed E-state index contributed by atoms with van der Waals surface area (Å²) in [5.41, 5.74) is 2.59. The highest BCUT2D eigenvalue weighted by molar-refractivity contribution is 9.11. The summed E-state index contributed by atoms with van der Waals surface area (Å²) in [4.78, 5) is 8.83. The van der Waals surface area contributed by atoms with Crippen LogP contribution in [0.25, 0.3) is 11.3 Å². The lowest BCUT2D eigenvalue weighted by Gasteiger charge is -2.02. The molecular weight excluding hydrogens is 428 g/mol. The van der Waals surface area contributed by atoms with Crippen LogP contribution in [0.2, 0.25) is 0 Å². The first-order valence-corrected chi connectivity index (χ1v) is 8.83. The zero-order valence-electron chi connectivity index (χ0n) is 11.2. The van der Waals surface area contributed by atoms with Crippen molar-refractivity contribution >= 4 is 54.5 Å². The number of thiazole rings is 1. The summed E-state index contributed by atoms with van der Waals surface area (Å²) in [5.74, 6) is 0.159. The topological polar surface area (TPSA) is 45.5 Å². The molecule has 0 saturated carbocycles. The number of nitrogens with zero attached hydrogens (tertiary/aromatic N) is 2. The summed E-state index contributed by atoms with van der Waals surface area (Å²) in [6, 6.07) is 13.5. The average molecular weight is 438 g/mol. The van der Waals surface area contributed by atoms with Crippen LogP contribution in [0.4, 0.5) is 5.13 Å². The number of rotatable bonds is 3. The maximum absolute atomic E-state index is 10.0. The largest absolute Gasteiger partial charge is 0.506 e. The normalized spacial score (nSPS) is 11.2. The van der Waals surface area contributed by atoms with E-state index in [1.165, 1.54) is 11.3 Å². The number of phenols is 1. The Hall–Kier alpha value is -1.50. The molecule has 2 aromatic carbocycles. The number of aromatic hydroxyl groups is 1. The second-order valence-corrected chi connectivity index (χ2v) is 7.07. The van der Waals surface area contributed by atoms with E-state index >= 15 is 0 Å². The Labute approximate surface area is 148 Å². The zero-order chi connectivity index (χ0) is 15.5. The summed E-state index contributed by atoms with van der Waals surface area (Å²) in [6.07, 6.45) is 1.61. The summed E-state index contributed by atoms with van der Waals surface area (Å²) in [7, 11) is 0. The molecule has 3 rings (SSSR count). The third-order valence-electron chi connectivity index (χ3n) is 2.93. The number of hydrogen-bond acceptors (Lipinski definition) is 4. The highest BCUT2D eigenvalue weighted by Gasteiger charge is 2.06. The molecule has 0 atom stereocenters. The lowest BCUT2D eigenvalue weighted by molar-refractivity contribution is 0.471. The molecule has 1 N–H and O–H groups in total. The minimum Gasteiger partial charge on any atom is -0.506 e. The number of aliphatic imine (C=N–C) groups is 1. The summed E-state index contributed by atoms with van der Waals surface area (Å²) in [5, 5.41) is 12.6. The van der Waals surface area contributed by atoms with Crippen LogP contribution in [-0.2, 0) is 0 Å². The van der Waals surface area contributed by atoms with Gasteiger partial charge in [-0.2, -0.15) is 0 Å². The molecule has 0 amide bonds. The van der Waals surface area contributed by atoms with Gasteiger partial charge in [0.2, 0.25) is 5.13 Å². The molecule has 0 unspecified atom stereocenters. The third kappa shape index (κ3) is 3.45. The van der Waals surface area contributed by atoms with E-state index in [4.69, 9.17) is 0 Å². The van der Waals surface area contributed by atoms with E-state index in [2.05, 4.69) is 41.8 Å². The summed E-state index contributed by atoms with van der Waals surface area (Å²) in [6.45, 7) is 0. The number of aromatic nitrogens is 1. The first kappa shape index (κ1) is 15.4. The molecule has 0 aliphatic rings. The number of halogens is 2. The quantitative estimate of drug-likeness (QED) is 0.527. The number of hydrogen-bond donors (Lipinski definition) is 1. The van der Waals surface area contributed by atoms with Crippen molar-refractivity contribution in [1.29, 1.82) is 0 Å². The SMILES string of the molecule is Oc1c(Br)cc(Br)cc1C=Nc1nc(-c2ccccc2)cs1. The van der Waals surface area contributed by atoms with Crippen molar-refractivity contribution in [2.45, 2.75) is 0 Å². The molecule has 0 aliphatic heterocycles. The van der Waals surface area contributed by atoms with E-state index in [1.54, 1.807) is 18.3 Å². The smallest absolute Gasteiger partial charge is 0.209 e. The fourth-order valence-corrected chi connectivity index (χ4v) is 3.80. The standard InChI is InChI=1S/C16H10Br2N2OS/c17-12-6-11(15(21)13(18)7-12)8-19-16-20-14(9-22-16)10-4-2-1-3-5-10/h1-9,21H. The number of benzene rings is 2. The maximum atomic E-state index is 10.0. The first-order valence-electron chi connectivity index (χ1n) is 6.36. The number of phenolic OH excluding ortho intramolecular Hbond substituents is 1. The van der Waals surface area contributed by atoms with Crippen molar-refractivity contribution < 1.29 is 5.11 Å². The molecule has 0 bridgehead atoms. The van der Waals surface area contributed by atoms with Crippen LogP contribution in [-0.4, -0.2) is 16.3 Å². The Bertz CT molecular complexity index is 831. The van der Waals surface area contributed by atoms with Crippen molar-refractivity contribution in [3.8, 4) is 17.0 Å². The molecule has 0 spiro atoms. The van der Waals surface area contributed by atoms with Gasteiger partial charge in [-0.1, -0.05) is 46.3 Å². The van der Waals surface area contributed by atoms with Gasteiger partial charge in [-0.15, -0.1) is 11.3 Å². The van der Waals surface area contributed by atoms with E-state index < -0.39 is 0 Å². The van der Waals surface area contributed by atoms with Crippen molar-refractivity contribution in [1.82, 2.24) is 4.98 Å². The van der Waals surface area contributed by atoms with Crippen LogP contribution in [0.5, 0.6) is 5.75 Å². The predicted octanol–water partition coefficient (Wildman–Crippen LogP) is 5.79. The molecule has 3 aromatic rings. The lowest BCUT2D eigenvalue weighted by atomic mass is 10.2. The van der Waals surface area contributed by atoms with Gasteiger partial charge < -0.3 is 5.11 Å². The zero-order valence-corrected chi connectivity index (χ0v) is 15.2. The molecule has 1 heterocycles. The van der Waals surface area contributed by atoms with Gasteiger partial charge in [0.05, 0.1) is 10.2 Å². The van der Waals surface area contributed by atoms with Gasteiger partial charge in [0, 0.05) is 27.2 Å². The highest BCUT2D eigenvalue weighted by atomic mass is 79.9. The maximum Gasteiger partial charge on any atom is 0.209 e. The van der Waals surface area contributed by atoms with Crippen molar-refractivity contribution in [2.75, 3.05) is 0 Å². The van der Waals surface area contributed by atoms with E-state index in [-0.39, 0.29) is 5.75 Å². The Morgan fingerprint density at radius 3 is 2.68 bits per heavy atom. The van der Waals surface area contributed by atoms with Crippen LogP contribution in [0.3, 0.4) is 0 Å². The van der Waals surface area contributed by atoms with Gasteiger partial charge in [-0.25, -0.2) is 9.98 Å². The van der Waals surface area contributed by atoms with Gasteiger partial charge in [-0.3, -0.25) is 0 Å². The molecule has 3 nitrogen and oxygen atoms in total. The van der Waals surface area contributed by atoms with Gasteiger partial charge in [0.15, 0.2) is 0 Å². The van der Waals surface area contributed by atoms with Gasteiger partial charge >= 0.3 is 0 Å². The van der Waals surface area contributed by atoms with Crippen molar-refractivity contribution in [3.63, 3.8) is 0 Å². The van der Waals surface area contributed by atoms with Gasteiger partial charge in [0.25, 0.3) is 0 Å². The van der Waals surface area contributed by atoms with Crippen LogP contribution >= 0.6 is 43.2 Å². The Morgan fingerprint density at radius 1 is 1.14 bits per heavy atom. The molecule has 0 fully saturated rings. The monoisotopic (exact) mass is 436 g/mol. The predicted molar refractivity (Wildman–Crippen MR) is 98.3 cm³/mol. The Morgan fingerprint density at radius 2 is 1.91 bits per heavy atom. The van der Waals surface area contributed by atoms with Crippen LogP contribution in [0.1, 0.15) is 5.56 Å². The minimum absolute atomic E-state index is 0.159. The fraction of sp³-hybridized carbons (Fsp3) is 0. The molecule has 22 heavy (non-hydrogen) atoms. The lowest BCUT2D eigenvalue weighted by Crippen LogP contribution is -1.84. The second kappa shape index (κ2) is 6.73. The molecule has 0 radical (unpaired) electrons. The van der Waals surface area contributed by atoms with Gasteiger partial charge in [-0.05, 0) is 28.1 Å². The summed E-state index contributed by atoms with van der Waals surface area (Å²) < 4.78 is 1.48. The van der Waals surface area contributed by atoms with E-state index in [9.17, 15) is 5.11 Å². The Balaban J connectivity index is 1.87. The molecular formula is C16H10Br2N2OS. The molecule has 0 saturated heterocycles. The minimum atomic E-state index is 0.159. The molecule has 110 valence electrons. The van der Waals surface area contributed by atoms with Crippen molar-refractivity contribution in [2.24, 2.45) is 4.99 Å². The van der Waals surface area contributed by atoms with E-state index in [0.29, 0.717) is 15.2 Å². The van der Waals surface area contributed by atoms with Gasteiger partial charge in [0.1, 0.15) is 5.75 Å². The van der Waals surface area contributed by atoms with Crippen LogP contribution in [0.15, 0.2) is 61.8 Å². The second-order valence-electron chi connectivity index (χ2n) is 4.46. The van der Waals surface area contributed by atoms with Crippen LogP contribution in [0, 0.1) is 0 Å². The average Bonchev–Trinajstić information content (AvgIpc) is 2.99.